The van der Waals surface area contributed by atoms with Gasteiger partial charge in [-0.1, -0.05) is 34.1 Å². The van der Waals surface area contributed by atoms with Gasteiger partial charge in [-0.3, -0.25) is 4.79 Å². The molecule has 6 heteroatoms. The third-order valence-electron chi connectivity index (χ3n) is 3.17. The van der Waals surface area contributed by atoms with Gasteiger partial charge in [-0.25, -0.2) is 4.79 Å². The van der Waals surface area contributed by atoms with Crippen molar-refractivity contribution in [2.45, 2.75) is 6.92 Å². The molecule has 5 nitrogen and oxygen atoms in total. The molecule has 0 aliphatic heterocycles. The molecule has 0 radical (unpaired) electrons. The van der Waals surface area contributed by atoms with Crippen LogP contribution in [0.3, 0.4) is 0 Å². The van der Waals surface area contributed by atoms with Gasteiger partial charge in [0.1, 0.15) is 23.7 Å². The summed E-state index contributed by atoms with van der Waals surface area (Å²) >= 11 is 3.46. The van der Waals surface area contributed by atoms with Gasteiger partial charge >= 0.3 is 5.97 Å². The lowest BCUT2D eigenvalue weighted by Crippen LogP contribution is -2.16. The second kappa shape index (κ2) is 8.61. The molecular weight excluding hydrogens is 376 g/mol. The van der Waals surface area contributed by atoms with Gasteiger partial charge in [-0.2, -0.15) is 0 Å². The molecule has 0 saturated carbocycles. The van der Waals surface area contributed by atoms with E-state index in [1.165, 1.54) is 20.1 Å². The van der Waals surface area contributed by atoms with Gasteiger partial charge in [0.2, 0.25) is 0 Å². The number of ether oxygens (including phenoxy) is 2. The highest BCUT2D eigenvalue weighted by Crippen LogP contribution is 2.30. The Bertz CT molecular complexity index is 760. The average molecular weight is 393 g/mol. The Hall–Kier alpha value is -2.18. The van der Waals surface area contributed by atoms with Crippen LogP contribution < -0.4 is 0 Å². The van der Waals surface area contributed by atoms with Gasteiger partial charge in [-0.05, 0) is 31.2 Å². The number of benzene rings is 1. The lowest BCUT2D eigenvalue weighted by Gasteiger charge is -2.05. The molecule has 1 aromatic heterocycles. The van der Waals surface area contributed by atoms with Crippen LogP contribution in [0.1, 0.15) is 12.7 Å². The van der Waals surface area contributed by atoms with Crippen molar-refractivity contribution >= 4 is 33.8 Å². The summed E-state index contributed by atoms with van der Waals surface area (Å²) in [6.45, 7) is 1.66. The maximum absolute atomic E-state index is 12.0. The van der Waals surface area contributed by atoms with Crippen molar-refractivity contribution in [2.24, 2.45) is 0 Å². The second-order valence-electron chi connectivity index (χ2n) is 4.92. The number of ketones is 1. The first kappa shape index (κ1) is 18.2. The summed E-state index contributed by atoms with van der Waals surface area (Å²) < 4.78 is 16.4. The van der Waals surface area contributed by atoms with Gasteiger partial charge < -0.3 is 13.9 Å². The number of halogens is 1. The Morgan fingerprint density at radius 3 is 2.58 bits per heavy atom. The number of hydrogen-bond donors (Lipinski definition) is 0. The van der Waals surface area contributed by atoms with Crippen LogP contribution in [0.2, 0.25) is 0 Å². The predicted octanol–water partition coefficient (Wildman–Crippen LogP) is 3.87. The van der Waals surface area contributed by atoms with Crippen LogP contribution in [0.5, 0.6) is 0 Å². The van der Waals surface area contributed by atoms with Crippen LogP contribution in [0.15, 0.2) is 50.9 Å². The molecule has 1 heterocycles. The van der Waals surface area contributed by atoms with Crippen LogP contribution in [0, 0.1) is 0 Å². The highest BCUT2D eigenvalue weighted by Gasteiger charge is 2.17. The van der Waals surface area contributed by atoms with Crippen molar-refractivity contribution in [1.82, 2.24) is 0 Å². The standard InChI is InChI=1S/C18H17BrO5/c1-12(20)15(18(21)23-10-9-22-2)11-13-7-8-17(24-13)14-5-3-4-6-16(14)19/h3-8,11H,9-10H2,1-2H3/b15-11+. The van der Waals surface area contributed by atoms with Crippen LogP contribution >= 0.6 is 15.9 Å². The predicted molar refractivity (Wildman–Crippen MR) is 93.3 cm³/mol. The normalized spacial score (nSPS) is 11.4. The molecule has 2 rings (SSSR count). The van der Waals surface area contributed by atoms with E-state index in [0.29, 0.717) is 11.5 Å². The smallest absolute Gasteiger partial charge is 0.341 e. The molecule has 2 aromatic rings. The number of rotatable bonds is 7. The van der Waals surface area contributed by atoms with Crippen LogP contribution in [0.25, 0.3) is 17.4 Å². The van der Waals surface area contributed by atoms with E-state index in [4.69, 9.17) is 13.9 Å². The summed E-state index contributed by atoms with van der Waals surface area (Å²) in [5.74, 6) is -0.0614. The highest BCUT2D eigenvalue weighted by molar-refractivity contribution is 9.10. The average Bonchev–Trinajstić information content (AvgIpc) is 3.01. The fourth-order valence-corrected chi connectivity index (χ4v) is 2.46. The Labute approximate surface area is 148 Å². The van der Waals surface area contributed by atoms with E-state index < -0.39 is 11.8 Å². The lowest BCUT2D eigenvalue weighted by atomic mass is 10.1. The maximum Gasteiger partial charge on any atom is 0.341 e. The van der Waals surface area contributed by atoms with E-state index in [1.807, 2.05) is 24.3 Å². The first-order valence-electron chi connectivity index (χ1n) is 7.26. The van der Waals surface area contributed by atoms with Gasteiger partial charge in [0.05, 0.1) is 6.61 Å². The van der Waals surface area contributed by atoms with Crippen molar-refractivity contribution in [1.29, 1.82) is 0 Å². The van der Waals surface area contributed by atoms with Crippen molar-refractivity contribution in [3.8, 4) is 11.3 Å². The Kier molecular flexibility index (Phi) is 6.52. The monoisotopic (exact) mass is 392 g/mol. The minimum Gasteiger partial charge on any atom is -0.460 e. The molecule has 0 amide bonds. The molecule has 0 aliphatic rings. The third kappa shape index (κ3) is 4.66. The minimum atomic E-state index is -0.696. The van der Waals surface area contributed by atoms with Gasteiger partial charge in [0, 0.05) is 17.1 Å². The van der Waals surface area contributed by atoms with Crippen LogP contribution in [0.4, 0.5) is 0 Å². The van der Waals surface area contributed by atoms with Gasteiger partial charge in [-0.15, -0.1) is 0 Å². The molecule has 24 heavy (non-hydrogen) atoms. The number of carbonyl (C=O) groups excluding carboxylic acids is 2. The van der Waals surface area contributed by atoms with E-state index in [0.717, 1.165) is 10.0 Å². The fraction of sp³-hybridized carbons (Fsp3) is 0.222. The Balaban J connectivity index is 2.23. The van der Waals surface area contributed by atoms with E-state index in [2.05, 4.69) is 15.9 Å². The number of carbonyl (C=O) groups is 2. The molecule has 0 unspecified atom stereocenters. The zero-order valence-corrected chi connectivity index (χ0v) is 15.0. The number of Topliss-reactive ketones (excluding diaryl/α,β-unsaturated/α-hetero) is 1. The molecule has 0 N–H and O–H groups in total. The molecular formula is C18H17BrO5. The molecule has 126 valence electrons. The van der Waals surface area contributed by atoms with Gasteiger partial charge in [0.25, 0.3) is 0 Å². The summed E-state index contributed by atoms with van der Waals surface area (Å²) in [4.78, 5) is 23.7. The van der Waals surface area contributed by atoms with Crippen molar-refractivity contribution < 1.29 is 23.5 Å². The Morgan fingerprint density at radius 2 is 1.92 bits per heavy atom. The summed E-state index contributed by atoms with van der Waals surface area (Å²) in [5, 5.41) is 0. The van der Waals surface area contributed by atoms with Crippen molar-refractivity contribution in [3.05, 3.63) is 52.2 Å². The van der Waals surface area contributed by atoms with Crippen molar-refractivity contribution in [3.63, 3.8) is 0 Å². The number of esters is 1. The molecule has 0 spiro atoms. The van der Waals surface area contributed by atoms with E-state index in [9.17, 15) is 9.59 Å². The van der Waals surface area contributed by atoms with Crippen LogP contribution in [-0.4, -0.2) is 32.1 Å². The summed E-state index contributed by atoms with van der Waals surface area (Å²) in [6.07, 6.45) is 1.39. The third-order valence-corrected chi connectivity index (χ3v) is 3.86. The Morgan fingerprint density at radius 1 is 1.17 bits per heavy atom. The van der Waals surface area contributed by atoms with E-state index in [-0.39, 0.29) is 18.8 Å². The summed E-state index contributed by atoms with van der Waals surface area (Å²) in [7, 11) is 1.50. The second-order valence-corrected chi connectivity index (χ2v) is 5.78. The van der Waals surface area contributed by atoms with Crippen LogP contribution in [-0.2, 0) is 19.1 Å². The first-order chi connectivity index (χ1) is 11.5. The highest BCUT2D eigenvalue weighted by atomic mass is 79.9. The molecule has 0 saturated heterocycles. The largest absolute Gasteiger partial charge is 0.460 e. The van der Waals surface area contributed by atoms with Gasteiger partial charge in [0.15, 0.2) is 5.78 Å². The molecule has 1 aromatic carbocycles. The molecule has 0 bridgehead atoms. The number of hydrogen-bond acceptors (Lipinski definition) is 5. The van der Waals surface area contributed by atoms with Crippen molar-refractivity contribution in [2.75, 3.05) is 20.3 Å². The summed E-state index contributed by atoms with van der Waals surface area (Å²) in [5.41, 5.74) is 0.809. The summed E-state index contributed by atoms with van der Waals surface area (Å²) in [6, 6.07) is 11.1. The zero-order valence-electron chi connectivity index (χ0n) is 13.4. The van der Waals surface area contributed by atoms with E-state index >= 15 is 0 Å². The lowest BCUT2D eigenvalue weighted by molar-refractivity contribution is -0.141. The molecule has 0 aliphatic carbocycles. The topological polar surface area (TPSA) is 65.7 Å². The quantitative estimate of drug-likeness (QED) is 0.235. The number of furan rings is 1. The first-order valence-corrected chi connectivity index (χ1v) is 8.05. The van der Waals surface area contributed by atoms with E-state index in [1.54, 1.807) is 12.1 Å². The zero-order chi connectivity index (χ0) is 17.5. The fourth-order valence-electron chi connectivity index (χ4n) is 1.98. The maximum atomic E-state index is 12.0. The number of methoxy groups -OCH3 is 1. The molecule has 0 atom stereocenters. The minimum absolute atomic E-state index is 0.0702. The SMILES string of the molecule is COCCOC(=O)/C(=C/c1ccc(-c2ccccc2Br)o1)C(C)=O. The molecule has 0 fully saturated rings.